The van der Waals surface area contributed by atoms with E-state index in [0.29, 0.717) is 11.8 Å². The Bertz CT molecular complexity index is 398. The second-order valence-electron chi connectivity index (χ2n) is 5.39. The van der Waals surface area contributed by atoms with Crippen LogP contribution in [0.3, 0.4) is 0 Å². The van der Waals surface area contributed by atoms with Crippen LogP contribution in [0.5, 0.6) is 5.75 Å². The molecule has 18 heavy (non-hydrogen) atoms. The molecule has 1 N–H and O–H groups in total. The van der Waals surface area contributed by atoms with Gasteiger partial charge in [0.05, 0.1) is 5.69 Å². The zero-order chi connectivity index (χ0) is 13.1. The maximum absolute atomic E-state index is 9.81. The summed E-state index contributed by atoms with van der Waals surface area (Å²) in [7, 11) is 4.29. The van der Waals surface area contributed by atoms with E-state index in [1.807, 2.05) is 13.0 Å². The fraction of sp³-hybridized carbons (Fsp3) is 0.643. The van der Waals surface area contributed by atoms with E-state index in [1.54, 1.807) is 6.07 Å². The molecule has 2 heterocycles. The van der Waals surface area contributed by atoms with Crippen LogP contribution in [-0.4, -0.2) is 53.1 Å². The molecule has 0 amide bonds. The lowest BCUT2D eigenvalue weighted by molar-refractivity contribution is 0.138. The number of aryl methyl sites for hydroxylation is 1. The van der Waals surface area contributed by atoms with Gasteiger partial charge in [0, 0.05) is 31.4 Å². The Labute approximate surface area is 109 Å². The topological polar surface area (TPSA) is 39.6 Å². The van der Waals surface area contributed by atoms with E-state index < -0.39 is 0 Å². The van der Waals surface area contributed by atoms with E-state index in [2.05, 4.69) is 28.9 Å². The van der Waals surface area contributed by atoms with Gasteiger partial charge in [0.2, 0.25) is 0 Å². The van der Waals surface area contributed by atoms with Gasteiger partial charge in [-0.25, -0.2) is 0 Å². The highest BCUT2D eigenvalue weighted by atomic mass is 16.3. The van der Waals surface area contributed by atoms with Gasteiger partial charge >= 0.3 is 0 Å². The Balaban J connectivity index is 1.93. The highest BCUT2D eigenvalue weighted by Gasteiger charge is 2.21. The average Bonchev–Trinajstić information content (AvgIpc) is 2.34. The smallest absolute Gasteiger partial charge is 0.138 e. The van der Waals surface area contributed by atoms with Gasteiger partial charge in [-0.3, -0.25) is 9.88 Å². The molecule has 0 aliphatic carbocycles. The van der Waals surface area contributed by atoms with E-state index >= 15 is 0 Å². The normalized spacial score (nSPS) is 18.4. The molecule has 1 saturated heterocycles. The standard InChI is InChI=1S/C14H23N3O/c1-11-4-5-14(18)13(15-11)10-17-8-6-12(7-9-17)16(2)3/h4-5,12,18H,6-10H2,1-3H3. The van der Waals surface area contributed by atoms with Crippen LogP contribution in [-0.2, 0) is 6.54 Å². The predicted molar refractivity (Wildman–Crippen MR) is 72.6 cm³/mol. The summed E-state index contributed by atoms with van der Waals surface area (Å²) in [5.41, 5.74) is 1.77. The lowest BCUT2D eigenvalue weighted by Crippen LogP contribution is -2.41. The number of hydrogen-bond acceptors (Lipinski definition) is 4. The van der Waals surface area contributed by atoms with Gasteiger partial charge in [-0.15, -0.1) is 0 Å². The number of piperidine rings is 1. The Hall–Kier alpha value is -1.13. The quantitative estimate of drug-likeness (QED) is 0.883. The molecule has 0 atom stereocenters. The maximum Gasteiger partial charge on any atom is 0.138 e. The molecule has 0 unspecified atom stereocenters. The molecule has 0 aromatic carbocycles. The molecule has 0 bridgehead atoms. The highest BCUT2D eigenvalue weighted by Crippen LogP contribution is 2.20. The lowest BCUT2D eigenvalue weighted by Gasteiger charge is -2.35. The first-order valence-corrected chi connectivity index (χ1v) is 6.60. The van der Waals surface area contributed by atoms with Gasteiger partial charge in [0.1, 0.15) is 5.75 Å². The fourth-order valence-corrected chi connectivity index (χ4v) is 2.53. The third-order valence-electron chi connectivity index (χ3n) is 3.75. The summed E-state index contributed by atoms with van der Waals surface area (Å²) >= 11 is 0. The van der Waals surface area contributed by atoms with Gasteiger partial charge in [-0.05, 0) is 46.0 Å². The zero-order valence-corrected chi connectivity index (χ0v) is 11.6. The molecule has 1 aromatic heterocycles. The van der Waals surface area contributed by atoms with Gasteiger partial charge in [0.15, 0.2) is 0 Å². The molecule has 4 heteroatoms. The molecule has 0 spiro atoms. The first kappa shape index (κ1) is 13.3. The summed E-state index contributed by atoms with van der Waals surface area (Å²) < 4.78 is 0. The van der Waals surface area contributed by atoms with Crippen molar-refractivity contribution in [1.29, 1.82) is 0 Å². The van der Waals surface area contributed by atoms with Crippen molar-refractivity contribution in [2.24, 2.45) is 0 Å². The minimum absolute atomic E-state index is 0.315. The zero-order valence-electron chi connectivity index (χ0n) is 11.6. The van der Waals surface area contributed by atoms with Crippen LogP contribution in [0.4, 0.5) is 0 Å². The monoisotopic (exact) mass is 249 g/mol. The summed E-state index contributed by atoms with van der Waals surface area (Å²) in [5, 5.41) is 9.81. The van der Waals surface area contributed by atoms with E-state index in [4.69, 9.17) is 0 Å². The van der Waals surface area contributed by atoms with Gasteiger partial charge in [-0.1, -0.05) is 0 Å². The fourth-order valence-electron chi connectivity index (χ4n) is 2.53. The van der Waals surface area contributed by atoms with Crippen molar-refractivity contribution < 1.29 is 5.11 Å². The number of rotatable bonds is 3. The van der Waals surface area contributed by atoms with Crippen LogP contribution >= 0.6 is 0 Å². The molecular formula is C14H23N3O. The minimum Gasteiger partial charge on any atom is -0.506 e. The van der Waals surface area contributed by atoms with Gasteiger partial charge < -0.3 is 10.0 Å². The van der Waals surface area contributed by atoms with E-state index in [-0.39, 0.29) is 0 Å². The largest absolute Gasteiger partial charge is 0.506 e. The van der Waals surface area contributed by atoms with E-state index in [9.17, 15) is 5.11 Å². The number of nitrogens with zero attached hydrogens (tertiary/aromatic N) is 3. The molecule has 0 saturated carbocycles. The van der Waals surface area contributed by atoms with Crippen LogP contribution in [0.15, 0.2) is 12.1 Å². The lowest BCUT2D eigenvalue weighted by atomic mass is 10.0. The SMILES string of the molecule is Cc1ccc(O)c(CN2CCC(N(C)C)CC2)n1. The highest BCUT2D eigenvalue weighted by molar-refractivity contribution is 5.27. The second kappa shape index (κ2) is 5.67. The molecule has 2 rings (SSSR count). The maximum atomic E-state index is 9.81. The van der Waals surface area contributed by atoms with E-state index in [1.165, 1.54) is 12.8 Å². The van der Waals surface area contributed by atoms with Crippen molar-refractivity contribution in [2.75, 3.05) is 27.2 Å². The number of aromatic hydroxyl groups is 1. The van der Waals surface area contributed by atoms with Gasteiger partial charge in [0.25, 0.3) is 0 Å². The number of hydrogen-bond donors (Lipinski definition) is 1. The van der Waals surface area contributed by atoms with Crippen molar-refractivity contribution in [3.05, 3.63) is 23.5 Å². The Morgan fingerprint density at radius 1 is 1.33 bits per heavy atom. The third-order valence-corrected chi connectivity index (χ3v) is 3.75. The molecule has 0 radical (unpaired) electrons. The Kier molecular flexibility index (Phi) is 4.19. The molecule has 100 valence electrons. The van der Waals surface area contributed by atoms with Crippen LogP contribution < -0.4 is 0 Å². The molecule has 1 fully saturated rings. The van der Waals surface area contributed by atoms with Crippen LogP contribution in [0.1, 0.15) is 24.2 Å². The second-order valence-corrected chi connectivity index (χ2v) is 5.39. The molecule has 1 aliphatic rings. The minimum atomic E-state index is 0.315. The summed E-state index contributed by atoms with van der Waals surface area (Å²) in [6.07, 6.45) is 2.39. The van der Waals surface area contributed by atoms with Crippen LogP contribution in [0.2, 0.25) is 0 Å². The van der Waals surface area contributed by atoms with Crippen LogP contribution in [0.25, 0.3) is 0 Å². The first-order chi connectivity index (χ1) is 8.56. The molecule has 4 nitrogen and oxygen atoms in total. The van der Waals surface area contributed by atoms with Crippen molar-refractivity contribution in [1.82, 2.24) is 14.8 Å². The van der Waals surface area contributed by atoms with Gasteiger partial charge in [-0.2, -0.15) is 0 Å². The Morgan fingerprint density at radius 2 is 2.00 bits per heavy atom. The molecular weight excluding hydrogens is 226 g/mol. The Morgan fingerprint density at radius 3 is 2.61 bits per heavy atom. The van der Waals surface area contributed by atoms with Crippen molar-refractivity contribution in [2.45, 2.75) is 32.4 Å². The van der Waals surface area contributed by atoms with Crippen molar-refractivity contribution in [3.63, 3.8) is 0 Å². The van der Waals surface area contributed by atoms with Crippen LogP contribution in [0, 0.1) is 6.92 Å². The number of likely N-dealkylation sites (tertiary alicyclic amines) is 1. The van der Waals surface area contributed by atoms with Crippen molar-refractivity contribution >= 4 is 0 Å². The first-order valence-electron chi connectivity index (χ1n) is 6.60. The summed E-state index contributed by atoms with van der Waals surface area (Å²) in [6, 6.07) is 4.28. The summed E-state index contributed by atoms with van der Waals surface area (Å²) in [5.74, 6) is 0.315. The summed E-state index contributed by atoms with van der Waals surface area (Å²) in [4.78, 5) is 9.10. The number of aromatic nitrogens is 1. The molecule has 1 aliphatic heterocycles. The summed E-state index contributed by atoms with van der Waals surface area (Å²) in [6.45, 7) is 4.88. The van der Waals surface area contributed by atoms with E-state index in [0.717, 1.165) is 31.0 Å². The van der Waals surface area contributed by atoms with Crippen molar-refractivity contribution in [3.8, 4) is 5.75 Å². The number of pyridine rings is 1. The molecule has 1 aromatic rings. The predicted octanol–water partition coefficient (Wildman–Crippen LogP) is 1.62. The average molecular weight is 249 g/mol. The third kappa shape index (κ3) is 3.21.